The van der Waals surface area contributed by atoms with Gasteiger partial charge in [-0.2, -0.15) is 0 Å². The number of benzene rings is 1. The van der Waals surface area contributed by atoms with Gasteiger partial charge in [0, 0.05) is 24.7 Å². The third-order valence-electron chi connectivity index (χ3n) is 3.77. The third kappa shape index (κ3) is 3.12. The Hall–Kier alpha value is -2.17. The van der Waals surface area contributed by atoms with E-state index < -0.39 is 0 Å². The topological polar surface area (TPSA) is 59.0 Å². The number of rotatable bonds is 2. The fourth-order valence-corrected chi connectivity index (χ4v) is 2.61. The largest absolute Gasteiger partial charge is 0.507 e. The van der Waals surface area contributed by atoms with E-state index in [1.807, 2.05) is 0 Å². The van der Waals surface area contributed by atoms with Crippen molar-refractivity contribution in [3.63, 3.8) is 0 Å². The summed E-state index contributed by atoms with van der Waals surface area (Å²) in [7, 11) is 0. The van der Waals surface area contributed by atoms with Crippen molar-refractivity contribution in [2.24, 2.45) is 0 Å². The molecule has 2 aliphatic heterocycles. The summed E-state index contributed by atoms with van der Waals surface area (Å²) < 4.78 is 10.9. The first-order valence-electron chi connectivity index (χ1n) is 7.33. The molecule has 1 fully saturated rings. The van der Waals surface area contributed by atoms with E-state index in [1.54, 1.807) is 23.1 Å². The van der Waals surface area contributed by atoms with E-state index in [0.29, 0.717) is 30.3 Å². The van der Waals surface area contributed by atoms with Crippen molar-refractivity contribution in [1.29, 1.82) is 0 Å². The van der Waals surface area contributed by atoms with Gasteiger partial charge in [0.2, 0.25) is 5.91 Å². The molecule has 0 saturated carbocycles. The van der Waals surface area contributed by atoms with Crippen molar-refractivity contribution in [3.05, 3.63) is 29.8 Å². The van der Waals surface area contributed by atoms with Crippen LogP contribution in [0.5, 0.6) is 11.5 Å². The fourth-order valence-electron chi connectivity index (χ4n) is 2.61. The van der Waals surface area contributed by atoms with Crippen LogP contribution >= 0.6 is 0 Å². The van der Waals surface area contributed by atoms with E-state index in [4.69, 9.17) is 9.47 Å². The summed E-state index contributed by atoms with van der Waals surface area (Å²) >= 11 is 0. The van der Waals surface area contributed by atoms with Crippen LogP contribution in [-0.4, -0.2) is 42.2 Å². The second-order valence-corrected chi connectivity index (χ2v) is 5.27. The quantitative estimate of drug-likeness (QED) is 0.671. The zero-order valence-electron chi connectivity index (χ0n) is 11.9. The van der Waals surface area contributed by atoms with E-state index in [1.165, 1.54) is 12.5 Å². The molecule has 0 unspecified atom stereocenters. The second-order valence-electron chi connectivity index (χ2n) is 5.27. The van der Waals surface area contributed by atoms with Crippen molar-refractivity contribution >= 4 is 11.7 Å². The number of carbonyl (C=O) groups is 1. The number of piperidine rings is 1. The molecule has 0 radical (unpaired) electrons. The molecule has 1 amide bonds. The summed E-state index contributed by atoms with van der Waals surface area (Å²) in [5.41, 5.74) is 0.560. The Morgan fingerprint density at radius 2 is 1.81 bits per heavy atom. The molecule has 1 saturated heterocycles. The molecular weight excluding hydrogens is 270 g/mol. The number of fused-ring (bicyclic) bond motifs is 1. The second kappa shape index (κ2) is 6.08. The highest BCUT2D eigenvalue weighted by Crippen LogP contribution is 2.32. The molecule has 0 atom stereocenters. The van der Waals surface area contributed by atoms with Crippen LogP contribution in [0.4, 0.5) is 0 Å². The Labute approximate surface area is 123 Å². The number of hydrogen-bond acceptors (Lipinski definition) is 4. The van der Waals surface area contributed by atoms with Crippen molar-refractivity contribution in [3.8, 4) is 11.5 Å². The van der Waals surface area contributed by atoms with Gasteiger partial charge < -0.3 is 19.5 Å². The number of amides is 1. The average Bonchev–Trinajstić information content (AvgIpc) is 2.55. The SMILES string of the molecule is O=C(C=C(O)c1ccc2c(c1)OCCO2)N1CCCCC1. The summed E-state index contributed by atoms with van der Waals surface area (Å²) in [5, 5.41) is 10.1. The lowest BCUT2D eigenvalue weighted by Gasteiger charge is -2.25. The fraction of sp³-hybridized carbons (Fsp3) is 0.438. The molecule has 1 aromatic carbocycles. The predicted molar refractivity (Wildman–Crippen MR) is 78.5 cm³/mol. The minimum atomic E-state index is -0.137. The molecule has 2 aliphatic rings. The van der Waals surface area contributed by atoms with Gasteiger partial charge in [0.15, 0.2) is 11.5 Å². The maximum Gasteiger partial charge on any atom is 0.250 e. The third-order valence-corrected chi connectivity index (χ3v) is 3.77. The average molecular weight is 289 g/mol. The maximum absolute atomic E-state index is 12.1. The van der Waals surface area contributed by atoms with Crippen LogP contribution in [0.2, 0.25) is 0 Å². The normalized spacial score (nSPS) is 18.5. The molecule has 0 bridgehead atoms. The molecule has 5 heteroatoms. The molecule has 21 heavy (non-hydrogen) atoms. The minimum Gasteiger partial charge on any atom is -0.507 e. The van der Waals surface area contributed by atoms with Gasteiger partial charge in [-0.3, -0.25) is 4.79 Å². The molecular formula is C16H19NO4. The summed E-state index contributed by atoms with van der Waals surface area (Å²) in [6.07, 6.45) is 4.52. The first kappa shape index (κ1) is 13.8. The number of ether oxygens (including phenoxy) is 2. The number of carbonyl (C=O) groups excluding carboxylic acids is 1. The molecule has 3 rings (SSSR count). The molecule has 1 aromatic rings. The number of aliphatic hydroxyl groups is 1. The van der Waals surface area contributed by atoms with Crippen LogP contribution in [-0.2, 0) is 4.79 Å². The highest BCUT2D eigenvalue weighted by molar-refractivity contribution is 5.93. The molecule has 2 heterocycles. The van der Waals surface area contributed by atoms with E-state index in [9.17, 15) is 9.90 Å². The summed E-state index contributed by atoms with van der Waals surface area (Å²) in [5.74, 6) is 1.09. The number of hydrogen-bond donors (Lipinski definition) is 1. The van der Waals surface area contributed by atoms with Gasteiger partial charge in [0.05, 0.1) is 0 Å². The lowest BCUT2D eigenvalue weighted by molar-refractivity contribution is -0.126. The van der Waals surface area contributed by atoms with Gasteiger partial charge in [-0.25, -0.2) is 0 Å². The van der Waals surface area contributed by atoms with Crippen LogP contribution in [0.3, 0.4) is 0 Å². The van der Waals surface area contributed by atoms with E-state index in [-0.39, 0.29) is 11.7 Å². The first-order chi connectivity index (χ1) is 10.2. The smallest absolute Gasteiger partial charge is 0.250 e. The Balaban J connectivity index is 1.75. The molecule has 0 aliphatic carbocycles. The summed E-state index contributed by atoms with van der Waals surface area (Å²) in [4.78, 5) is 13.9. The number of nitrogens with zero attached hydrogens (tertiary/aromatic N) is 1. The van der Waals surface area contributed by atoms with Crippen molar-refractivity contribution in [2.75, 3.05) is 26.3 Å². The highest BCUT2D eigenvalue weighted by Gasteiger charge is 2.17. The lowest BCUT2D eigenvalue weighted by Crippen LogP contribution is -2.34. The predicted octanol–water partition coefficient (Wildman–Crippen LogP) is 2.37. The molecule has 5 nitrogen and oxygen atoms in total. The van der Waals surface area contributed by atoms with Crippen molar-refractivity contribution in [2.45, 2.75) is 19.3 Å². The zero-order chi connectivity index (χ0) is 14.7. The van der Waals surface area contributed by atoms with Gasteiger partial charge in [-0.1, -0.05) is 0 Å². The van der Waals surface area contributed by atoms with Gasteiger partial charge >= 0.3 is 0 Å². The minimum absolute atomic E-state index is 0.0393. The van der Waals surface area contributed by atoms with Gasteiger partial charge in [-0.15, -0.1) is 0 Å². The summed E-state index contributed by atoms with van der Waals surface area (Å²) in [6.45, 7) is 2.56. The molecule has 1 N–H and O–H groups in total. The van der Waals surface area contributed by atoms with Crippen LogP contribution in [0.25, 0.3) is 5.76 Å². The lowest BCUT2D eigenvalue weighted by atomic mass is 10.1. The number of aliphatic hydroxyl groups excluding tert-OH is 1. The zero-order valence-corrected chi connectivity index (χ0v) is 11.9. The van der Waals surface area contributed by atoms with Gasteiger partial charge in [-0.05, 0) is 37.5 Å². The number of likely N-dealkylation sites (tertiary alicyclic amines) is 1. The summed E-state index contributed by atoms with van der Waals surface area (Å²) in [6, 6.07) is 5.17. The molecule has 0 aromatic heterocycles. The van der Waals surface area contributed by atoms with E-state index >= 15 is 0 Å². The Morgan fingerprint density at radius 3 is 2.57 bits per heavy atom. The maximum atomic E-state index is 12.1. The van der Waals surface area contributed by atoms with Crippen molar-refractivity contribution < 1.29 is 19.4 Å². The monoisotopic (exact) mass is 289 g/mol. The van der Waals surface area contributed by atoms with Crippen LogP contribution in [0.15, 0.2) is 24.3 Å². The molecule has 0 spiro atoms. The van der Waals surface area contributed by atoms with Crippen LogP contribution in [0.1, 0.15) is 24.8 Å². The Kier molecular flexibility index (Phi) is 3.99. The van der Waals surface area contributed by atoms with E-state index in [2.05, 4.69) is 0 Å². The highest BCUT2D eigenvalue weighted by atomic mass is 16.6. The van der Waals surface area contributed by atoms with Crippen molar-refractivity contribution in [1.82, 2.24) is 4.90 Å². The van der Waals surface area contributed by atoms with E-state index in [0.717, 1.165) is 25.9 Å². The first-order valence-corrected chi connectivity index (χ1v) is 7.33. The van der Waals surface area contributed by atoms with Gasteiger partial charge in [0.25, 0.3) is 0 Å². The molecule has 112 valence electrons. The Morgan fingerprint density at radius 1 is 1.10 bits per heavy atom. The van der Waals surface area contributed by atoms with Crippen LogP contribution in [0, 0.1) is 0 Å². The van der Waals surface area contributed by atoms with Gasteiger partial charge in [0.1, 0.15) is 19.0 Å². The van der Waals surface area contributed by atoms with Crippen LogP contribution < -0.4 is 9.47 Å². The Bertz CT molecular complexity index is 561. The standard InChI is InChI=1S/C16H19NO4/c18-13(11-16(19)17-6-2-1-3-7-17)12-4-5-14-15(10-12)21-9-8-20-14/h4-5,10-11,18H,1-3,6-9H2.